The minimum Gasteiger partial charge on any atom is -0.444 e. The Morgan fingerprint density at radius 3 is 2.80 bits per heavy atom. The van der Waals surface area contributed by atoms with Crippen LogP contribution in [-0.2, 0) is 20.7 Å². The number of alkyl carbamates (subject to hydrolysis) is 1. The van der Waals surface area contributed by atoms with Crippen molar-refractivity contribution in [1.29, 1.82) is 5.26 Å². The number of benzene rings is 1. The van der Waals surface area contributed by atoms with Crippen molar-refractivity contribution in [3.8, 4) is 6.07 Å². The Kier molecular flexibility index (Phi) is 8.84. The van der Waals surface area contributed by atoms with Crippen LogP contribution in [0.15, 0.2) is 28.7 Å². The van der Waals surface area contributed by atoms with E-state index in [-0.39, 0.29) is 13.0 Å². The molecule has 1 atom stereocenters. The number of methoxy groups -OCH3 is 1. The molecule has 0 bridgehead atoms. The summed E-state index contributed by atoms with van der Waals surface area (Å²) in [6.07, 6.45) is 2.42. The van der Waals surface area contributed by atoms with Crippen LogP contribution in [0.2, 0.25) is 0 Å². The fourth-order valence-electron chi connectivity index (χ4n) is 3.74. The monoisotopic (exact) mass is 483 g/mol. The van der Waals surface area contributed by atoms with Gasteiger partial charge in [-0.1, -0.05) is 12.1 Å². The van der Waals surface area contributed by atoms with Crippen molar-refractivity contribution in [1.82, 2.24) is 20.5 Å². The first-order valence-electron chi connectivity index (χ1n) is 11.6. The van der Waals surface area contributed by atoms with E-state index in [2.05, 4.69) is 26.6 Å². The maximum Gasteiger partial charge on any atom is 0.408 e. The minimum absolute atomic E-state index is 0.0116. The van der Waals surface area contributed by atoms with E-state index >= 15 is 0 Å². The minimum atomic E-state index is -1.01. The Morgan fingerprint density at radius 2 is 2.14 bits per heavy atom. The molecule has 1 aliphatic rings. The third-order valence-electron chi connectivity index (χ3n) is 5.44. The molecular formula is C25H33N5O5. The van der Waals surface area contributed by atoms with Crippen molar-refractivity contribution in [2.24, 2.45) is 0 Å². The molecule has 2 aromatic rings. The zero-order valence-corrected chi connectivity index (χ0v) is 20.7. The summed E-state index contributed by atoms with van der Waals surface area (Å²) in [6.45, 7) is 8.47. The number of nitrogens with one attached hydrogen (secondary N) is 2. The van der Waals surface area contributed by atoms with Crippen LogP contribution >= 0.6 is 0 Å². The molecule has 35 heavy (non-hydrogen) atoms. The van der Waals surface area contributed by atoms with Gasteiger partial charge in [0.2, 0.25) is 5.91 Å². The fourth-order valence-corrected chi connectivity index (χ4v) is 3.74. The van der Waals surface area contributed by atoms with Gasteiger partial charge in [0.15, 0.2) is 11.5 Å². The Labute approximate surface area is 205 Å². The molecular weight excluding hydrogens is 450 g/mol. The molecule has 1 aromatic heterocycles. The number of oxazole rings is 1. The number of nitriles is 1. The first-order chi connectivity index (χ1) is 16.7. The quantitative estimate of drug-likeness (QED) is 0.521. The van der Waals surface area contributed by atoms with Crippen LogP contribution in [0.4, 0.5) is 4.79 Å². The summed E-state index contributed by atoms with van der Waals surface area (Å²) in [5.41, 5.74) is 2.87. The molecule has 10 heteroatoms. The average Bonchev–Trinajstić information content (AvgIpc) is 3.21. The summed E-state index contributed by atoms with van der Waals surface area (Å²) in [5, 5.41) is 13.8. The highest BCUT2D eigenvalue weighted by atomic mass is 16.6. The van der Waals surface area contributed by atoms with E-state index in [9.17, 15) is 9.59 Å². The number of carbonyl (C=O) groups excluding carboxylic acids is 2. The normalized spacial score (nSPS) is 15.2. The fraction of sp³-hybridized carbons (Fsp3) is 0.520. The van der Waals surface area contributed by atoms with Gasteiger partial charge in [0.05, 0.1) is 19.1 Å². The standard InChI is InChI=1S/C25H33N5O5/c1-25(2,3)35-24(32)29-20(23(31)27-10-9-26)16-22-28-19-6-5-18(15-21(19)34-22)17-7-11-30(12-8-17)13-14-33-4/h5-7,15,20H,8,10-14,16H2,1-4H3,(H,27,31)(H,29,32)/t20-/m0/s1. The second-order valence-electron chi connectivity index (χ2n) is 9.34. The van der Waals surface area contributed by atoms with Gasteiger partial charge in [0, 0.05) is 26.7 Å². The number of rotatable bonds is 9. The van der Waals surface area contributed by atoms with Crippen LogP contribution in [0.3, 0.4) is 0 Å². The van der Waals surface area contributed by atoms with Crippen molar-refractivity contribution >= 4 is 28.7 Å². The highest BCUT2D eigenvalue weighted by Crippen LogP contribution is 2.26. The van der Waals surface area contributed by atoms with Gasteiger partial charge in [-0.05, 0) is 50.5 Å². The second-order valence-corrected chi connectivity index (χ2v) is 9.34. The van der Waals surface area contributed by atoms with Gasteiger partial charge < -0.3 is 24.5 Å². The lowest BCUT2D eigenvalue weighted by Gasteiger charge is -2.26. The first-order valence-corrected chi connectivity index (χ1v) is 11.6. The van der Waals surface area contributed by atoms with Crippen LogP contribution in [-0.4, -0.2) is 73.4 Å². The number of amides is 2. The highest BCUT2D eigenvalue weighted by molar-refractivity contribution is 5.86. The van der Waals surface area contributed by atoms with Crippen molar-refractivity contribution < 1.29 is 23.5 Å². The molecule has 1 aromatic carbocycles. The molecule has 0 aliphatic carbocycles. The molecule has 0 saturated carbocycles. The molecule has 0 spiro atoms. The summed E-state index contributed by atoms with van der Waals surface area (Å²) in [4.78, 5) is 31.6. The second kappa shape index (κ2) is 11.8. The van der Waals surface area contributed by atoms with E-state index in [0.717, 1.165) is 31.6 Å². The smallest absolute Gasteiger partial charge is 0.408 e. The molecule has 0 unspecified atom stereocenters. The Hall–Kier alpha value is -3.42. The summed E-state index contributed by atoms with van der Waals surface area (Å²) in [7, 11) is 1.71. The Morgan fingerprint density at radius 1 is 1.34 bits per heavy atom. The van der Waals surface area contributed by atoms with Gasteiger partial charge in [0.25, 0.3) is 0 Å². The van der Waals surface area contributed by atoms with Gasteiger partial charge in [-0.15, -0.1) is 0 Å². The van der Waals surface area contributed by atoms with Crippen LogP contribution in [0.1, 0.15) is 38.6 Å². The summed E-state index contributed by atoms with van der Waals surface area (Å²) >= 11 is 0. The zero-order chi connectivity index (χ0) is 25.4. The molecule has 3 rings (SSSR count). The van der Waals surface area contributed by atoms with E-state index in [1.165, 1.54) is 5.57 Å². The number of aromatic nitrogens is 1. The molecule has 2 amide bonds. The molecule has 0 fully saturated rings. The molecule has 2 N–H and O–H groups in total. The number of ether oxygens (including phenoxy) is 2. The molecule has 2 heterocycles. The number of hydrogen-bond donors (Lipinski definition) is 2. The van der Waals surface area contributed by atoms with Crippen LogP contribution < -0.4 is 10.6 Å². The largest absolute Gasteiger partial charge is 0.444 e. The lowest BCUT2D eigenvalue weighted by Crippen LogP contribution is -2.49. The Bertz CT molecular complexity index is 1110. The number of carbonyl (C=O) groups is 2. The molecule has 1 aliphatic heterocycles. The van der Waals surface area contributed by atoms with Crippen LogP contribution in [0, 0.1) is 11.3 Å². The van der Waals surface area contributed by atoms with E-state index in [0.29, 0.717) is 23.6 Å². The topological polar surface area (TPSA) is 130 Å². The lowest BCUT2D eigenvalue weighted by atomic mass is 9.99. The maximum atomic E-state index is 12.6. The number of fused-ring (bicyclic) bond motifs is 1. The molecule has 188 valence electrons. The SMILES string of the molecule is COCCN1CC=C(c2ccc3nc(C[C@H](NC(=O)OC(C)(C)C)C(=O)NCC#N)oc3c2)CC1. The van der Waals surface area contributed by atoms with E-state index in [1.807, 2.05) is 24.3 Å². The number of nitrogens with zero attached hydrogens (tertiary/aromatic N) is 3. The van der Waals surface area contributed by atoms with Crippen molar-refractivity contribution in [3.63, 3.8) is 0 Å². The summed E-state index contributed by atoms with van der Waals surface area (Å²) in [6, 6.07) is 6.70. The number of hydrogen-bond acceptors (Lipinski definition) is 8. The summed E-state index contributed by atoms with van der Waals surface area (Å²) in [5.74, 6) is -0.223. The van der Waals surface area contributed by atoms with Crippen molar-refractivity contribution in [2.75, 3.05) is 39.9 Å². The average molecular weight is 484 g/mol. The third-order valence-corrected chi connectivity index (χ3v) is 5.44. The predicted octanol–water partition coefficient (Wildman–Crippen LogP) is 2.64. The zero-order valence-electron chi connectivity index (χ0n) is 20.7. The predicted molar refractivity (Wildman–Crippen MR) is 130 cm³/mol. The van der Waals surface area contributed by atoms with Crippen molar-refractivity contribution in [3.05, 3.63) is 35.7 Å². The van der Waals surface area contributed by atoms with Gasteiger partial charge in [-0.25, -0.2) is 9.78 Å². The lowest BCUT2D eigenvalue weighted by molar-refractivity contribution is -0.123. The van der Waals surface area contributed by atoms with Gasteiger partial charge in [0.1, 0.15) is 23.7 Å². The Balaban J connectivity index is 1.73. The van der Waals surface area contributed by atoms with E-state index < -0.39 is 23.6 Å². The molecule has 10 nitrogen and oxygen atoms in total. The van der Waals surface area contributed by atoms with Crippen LogP contribution in [0.25, 0.3) is 16.7 Å². The van der Waals surface area contributed by atoms with Gasteiger partial charge in [-0.3, -0.25) is 9.69 Å². The molecule has 0 radical (unpaired) electrons. The first kappa shape index (κ1) is 26.2. The van der Waals surface area contributed by atoms with E-state index in [4.69, 9.17) is 19.2 Å². The van der Waals surface area contributed by atoms with Gasteiger partial charge >= 0.3 is 6.09 Å². The van der Waals surface area contributed by atoms with Crippen LogP contribution in [0.5, 0.6) is 0 Å². The maximum absolute atomic E-state index is 12.6. The third kappa shape index (κ3) is 7.80. The summed E-state index contributed by atoms with van der Waals surface area (Å²) < 4.78 is 16.4. The van der Waals surface area contributed by atoms with Crippen molar-refractivity contribution in [2.45, 2.75) is 45.3 Å². The molecule has 0 saturated heterocycles. The van der Waals surface area contributed by atoms with Gasteiger partial charge in [-0.2, -0.15) is 5.26 Å². The highest BCUT2D eigenvalue weighted by Gasteiger charge is 2.26. The van der Waals surface area contributed by atoms with E-state index in [1.54, 1.807) is 27.9 Å².